The Morgan fingerprint density at radius 1 is 1.25 bits per heavy atom. The molecule has 0 atom stereocenters. The number of hydrogen-bond acceptors (Lipinski definition) is 3. The number of benzene rings is 1. The topological polar surface area (TPSA) is 87.7 Å². The number of ether oxygens (including phenoxy) is 1. The number of nitrogens with one attached hydrogen (secondary N) is 2. The summed E-state index contributed by atoms with van der Waals surface area (Å²) in [5, 5.41) is 15.1. The number of carbonyl (C=O) groups excluding carboxylic acids is 1. The van der Waals surface area contributed by atoms with E-state index < -0.39 is 5.97 Å². The molecule has 2 amide bonds. The van der Waals surface area contributed by atoms with E-state index in [4.69, 9.17) is 21.4 Å². The van der Waals surface area contributed by atoms with Gasteiger partial charge in [0.05, 0.1) is 22.7 Å². The number of aliphatic carboxylic acids is 1. The summed E-state index contributed by atoms with van der Waals surface area (Å²) in [6, 6.07) is 4.81. The number of halogens is 1. The summed E-state index contributed by atoms with van der Waals surface area (Å²) >= 11 is 6.14. The zero-order valence-electron chi connectivity index (χ0n) is 13.8. The van der Waals surface area contributed by atoms with Gasteiger partial charge in [-0.25, -0.2) is 4.79 Å². The average molecular weight is 355 g/mol. The van der Waals surface area contributed by atoms with Crippen LogP contribution in [0.25, 0.3) is 0 Å². The molecule has 0 spiro atoms. The van der Waals surface area contributed by atoms with Gasteiger partial charge in [-0.05, 0) is 51.7 Å². The molecule has 0 heterocycles. The fourth-order valence-electron chi connectivity index (χ4n) is 2.79. The van der Waals surface area contributed by atoms with Crippen LogP contribution in [0.5, 0.6) is 5.75 Å². The number of para-hydroxylation sites is 1. The second-order valence-electron chi connectivity index (χ2n) is 6.27. The van der Waals surface area contributed by atoms with Crippen molar-refractivity contribution in [2.24, 2.45) is 5.92 Å². The molecule has 1 aliphatic carbocycles. The number of carboxylic acid groups (broad SMARTS) is 1. The van der Waals surface area contributed by atoms with Gasteiger partial charge in [0, 0.05) is 6.04 Å². The first-order valence-electron chi connectivity index (χ1n) is 8.12. The lowest BCUT2D eigenvalue weighted by Crippen LogP contribution is -2.41. The van der Waals surface area contributed by atoms with Crippen molar-refractivity contribution in [3.05, 3.63) is 23.2 Å². The number of urea groups is 1. The van der Waals surface area contributed by atoms with E-state index in [1.165, 1.54) is 0 Å². The highest BCUT2D eigenvalue weighted by atomic mass is 35.5. The van der Waals surface area contributed by atoms with Crippen molar-refractivity contribution in [1.29, 1.82) is 0 Å². The Morgan fingerprint density at radius 2 is 1.92 bits per heavy atom. The van der Waals surface area contributed by atoms with E-state index in [0.717, 1.165) is 0 Å². The van der Waals surface area contributed by atoms with Crippen LogP contribution in [0, 0.1) is 5.92 Å². The Morgan fingerprint density at radius 3 is 2.50 bits per heavy atom. The van der Waals surface area contributed by atoms with E-state index in [0.29, 0.717) is 42.1 Å². The Hall–Kier alpha value is -1.95. The molecule has 2 rings (SSSR count). The first-order valence-corrected chi connectivity index (χ1v) is 8.50. The van der Waals surface area contributed by atoms with Gasteiger partial charge in [-0.15, -0.1) is 0 Å². The molecule has 0 aromatic heterocycles. The summed E-state index contributed by atoms with van der Waals surface area (Å²) < 4.78 is 5.67. The maximum absolute atomic E-state index is 12.2. The molecule has 3 N–H and O–H groups in total. The molecule has 1 aliphatic rings. The average Bonchev–Trinajstić information content (AvgIpc) is 2.51. The molecule has 7 heteroatoms. The van der Waals surface area contributed by atoms with Gasteiger partial charge >= 0.3 is 12.0 Å². The predicted molar refractivity (Wildman–Crippen MR) is 92.8 cm³/mol. The Kier molecular flexibility index (Phi) is 6.31. The van der Waals surface area contributed by atoms with Crippen molar-refractivity contribution in [2.45, 2.75) is 51.7 Å². The van der Waals surface area contributed by atoms with E-state index >= 15 is 0 Å². The summed E-state index contributed by atoms with van der Waals surface area (Å²) in [5.74, 6) is -0.615. The quantitative estimate of drug-likeness (QED) is 0.748. The fourth-order valence-corrected chi connectivity index (χ4v) is 3.01. The first-order chi connectivity index (χ1) is 11.4. The van der Waals surface area contributed by atoms with Gasteiger partial charge in [0.1, 0.15) is 0 Å². The van der Waals surface area contributed by atoms with Crippen LogP contribution >= 0.6 is 11.6 Å². The van der Waals surface area contributed by atoms with E-state index in [9.17, 15) is 9.59 Å². The monoisotopic (exact) mass is 354 g/mol. The molecular weight excluding hydrogens is 332 g/mol. The Labute approximate surface area is 146 Å². The molecule has 0 aliphatic heterocycles. The molecule has 6 nitrogen and oxygen atoms in total. The molecular formula is C17H23ClN2O4. The van der Waals surface area contributed by atoms with Crippen LogP contribution in [0.2, 0.25) is 5.02 Å². The van der Waals surface area contributed by atoms with Crippen LogP contribution in [0.4, 0.5) is 10.5 Å². The Balaban J connectivity index is 1.93. The van der Waals surface area contributed by atoms with Crippen LogP contribution in [0.3, 0.4) is 0 Å². The van der Waals surface area contributed by atoms with E-state index in [1.807, 2.05) is 13.8 Å². The number of anilines is 1. The van der Waals surface area contributed by atoms with Gasteiger partial charge in [0.25, 0.3) is 0 Å². The van der Waals surface area contributed by atoms with Gasteiger partial charge in [0.15, 0.2) is 5.75 Å². The van der Waals surface area contributed by atoms with Crippen molar-refractivity contribution >= 4 is 29.3 Å². The molecule has 0 unspecified atom stereocenters. The maximum atomic E-state index is 12.2. The highest BCUT2D eigenvalue weighted by Gasteiger charge is 2.26. The zero-order valence-corrected chi connectivity index (χ0v) is 14.6. The molecule has 1 fully saturated rings. The van der Waals surface area contributed by atoms with Gasteiger partial charge in [-0.2, -0.15) is 0 Å². The minimum absolute atomic E-state index is 0.0192. The summed E-state index contributed by atoms with van der Waals surface area (Å²) in [5.41, 5.74) is 0.507. The van der Waals surface area contributed by atoms with Crippen molar-refractivity contribution in [3.8, 4) is 5.75 Å². The third-order valence-corrected chi connectivity index (χ3v) is 4.28. The van der Waals surface area contributed by atoms with E-state index in [1.54, 1.807) is 18.2 Å². The third kappa shape index (κ3) is 5.03. The van der Waals surface area contributed by atoms with Crippen LogP contribution in [-0.2, 0) is 4.79 Å². The summed E-state index contributed by atoms with van der Waals surface area (Å²) in [7, 11) is 0. The lowest BCUT2D eigenvalue weighted by molar-refractivity contribution is -0.142. The number of rotatable bonds is 5. The molecule has 1 aromatic rings. The van der Waals surface area contributed by atoms with Gasteiger partial charge in [0.2, 0.25) is 0 Å². The molecule has 0 bridgehead atoms. The van der Waals surface area contributed by atoms with Gasteiger partial charge < -0.3 is 20.5 Å². The second-order valence-corrected chi connectivity index (χ2v) is 6.68. The van der Waals surface area contributed by atoms with Crippen molar-refractivity contribution < 1.29 is 19.4 Å². The van der Waals surface area contributed by atoms with Gasteiger partial charge in [-0.3, -0.25) is 4.79 Å². The van der Waals surface area contributed by atoms with Crippen LogP contribution < -0.4 is 15.4 Å². The van der Waals surface area contributed by atoms with Crippen molar-refractivity contribution in [2.75, 3.05) is 5.32 Å². The number of carboxylic acids is 1. The smallest absolute Gasteiger partial charge is 0.319 e. The molecule has 0 saturated heterocycles. The number of hydrogen-bond donors (Lipinski definition) is 3. The lowest BCUT2D eigenvalue weighted by atomic mass is 9.86. The summed E-state index contributed by atoms with van der Waals surface area (Å²) in [6.45, 7) is 3.77. The van der Waals surface area contributed by atoms with E-state index in [2.05, 4.69) is 10.6 Å². The molecule has 1 saturated carbocycles. The van der Waals surface area contributed by atoms with Crippen LogP contribution in [-0.4, -0.2) is 29.3 Å². The molecule has 1 aromatic carbocycles. The first kappa shape index (κ1) is 18.4. The summed E-state index contributed by atoms with van der Waals surface area (Å²) in [4.78, 5) is 23.2. The molecule has 132 valence electrons. The minimum atomic E-state index is -0.757. The van der Waals surface area contributed by atoms with Crippen LogP contribution in [0.1, 0.15) is 39.5 Å². The highest BCUT2D eigenvalue weighted by Crippen LogP contribution is 2.33. The summed E-state index contributed by atoms with van der Waals surface area (Å²) in [6.07, 6.45) is 2.42. The predicted octanol–water partition coefficient (Wildman–Crippen LogP) is 3.89. The number of carbonyl (C=O) groups is 2. The third-order valence-electron chi connectivity index (χ3n) is 3.98. The lowest BCUT2D eigenvalue weighted by Gasteiger charge is -2.27. The number of amides is 2. The zero-order chi connectivity index (χ0) is 17.7. The molecule has 0 radical (unpaired) electrons. The fraction of sp³-hybridized carbons (Fsp3) is 0.529. The molecule has 24 heavy (non-hydrogen) atoms. The largest absolute Gasteiger partial charge is 0.487 e. The van der Waals surface area contributed by atoms with Gasteiger partial charge in [-0.1, -0.05) is 17.7 Å². The van der Waals surface area contributed by atoms with Crippen LogP contribution in [0.15, 0.2) is 18.2 Å². The van der Waals surface area contributed by atoms with Crippen molar-refractivity contribution in [3.63, 3.8) is 0 Å². The van der Waals surface area contributed by atoms with Crippen molar-refractivity contribution in [1.82, 2.24) is 5.32 Å². The van der Waals surface area contributed by atoms with E-state index in [-0.39, 0.29) is 24.1 Å². The standard InChI is InChI=1S/C17H23ClN2O4/c1-10(2)24-15-13(18)4-3-5-14(15)20-17(23)19-12-8-6-11(7-9-12)16(21)22/h3-5,10-12H,6-9H2,1-2H3,(H,21,22)(H2,19,20,23). The Bertz CT molecular complexity index is 598. The SMILES string of the molecule is CC(C)Oc1c(Cl)cccc1NC(=O)NC1CCC(C(=O)O)CC1. The minimum Gasteiger partial charge on any atom is -0.487 e. The maximum Gasteiger partial charge on any atom is 0.319 e. The second kappa shape index (κ2) is 8.24. The highest BCUT2D eigenvalue weighted by molar-refractivity contribution is 6.32. The normalized spacial score (nSPS) is 20.5.